The Hall–Kier alpha value is -2.37. The van der Waals surface area contributed by atoms with Gasteiger partial charge in [-0.25, -0.2) is 4.79 Å². The molecule has 1 aromatic heterocycles. The molecule has 2 heterocycles. The molecule has 2 atom stereocenters. The second-order valence-corrected chi connectivity index (χ2v) is 5.18. The third-order valence-electron chi connectivity index (χ3n) is 3.96. The van der Waals surface area contributed by atoms with Gasteiger partial charge in [0.25, 0.3) is 0 Å². The van der Waals surface area contributed by atoms with Crippen LogP contribution in [0, 0.1) is 11.8 Å². The van der Waals surface area contributed by atoms with Crippen molar-refractivity contribution in [2.45, 2.75) is 19.4 Å². The normalized spacial score (nSPS) is 24.3. The Labute approximate surface area is 121 Å². The average Bonchev–Trinajstić information content (AvgIpc) is 3.07. The molecule has 2 amide bonds. The first kappa shape index (κ1) is 13.6. The third kappa shape index (κ3) is 2.26. The highest BCUT2D eigenvalue weighted by Crippen LogP contribution is 2.35. The van der Waals surface area contributed by atoms with Gasteiger partial charge in [0.05, 0.1) is 25.5 Å². The van der Waals surface area contributed by atoms with Crippen molar-refractivity contribution in [1.82, 2.24) is 4.90 Å². The van der Waals surface area contributed by atoms with Crippen LogP contribution in [0.25, 0.3) is 0 Å². The Morgan fingerprint density at radius 1 is 1.24 bits per heavy atom. The maximum atomic E-state index is 12.3. The minimum absolute atomic E-state index is 0.0572. The van der Waals surface area contributed by atoms with Crippen molar-refractivity contribution in [2.24, 2.45) is 11.8 Å². The predicted octanol–water partition coefficient (Wildman–Crippen LogP) is 1.52. The molecule has 1 saturated heterocycles. The van der Waals surface area contributed by atoms with Gasteiger partial charge >= 0.3 is 5.97 Å². The van der Waals surface area contributed by atoms with Gasteiger partial charge in [-0.2, -0.15) is 0 Å². The molecular formula is C15H15NO5. The minimum Gasteiger partial charge on any atom is -0.463 e. The molecule has 1 aliphatic carbocycles. The number of fused-ring (bicyclic) bond motifs is 1. The number of nitrogens with zero attached hydrogens (tertiary/aromatic N) is 1. The lowest BCUT2D eigenvalue weighted by Crippen LogP contribution is -2.30. The number of rotatable bonds is 3. The van der Waals surface area contributed by atoms with E-state index in [1.807, 2.05) is 12.2 Å². The zero-order valence-electron chi connectivity index (χ0n) is 11.6. The Kier molecular flexibility index (Phi) is 3.37. The molecule has 1 aromatic rings. The van der Waals surface area contributed by atoms with Crippen molar-refractivity contribution in [3.63, 3.8) is 0 Å². The van der Waals surface area contributed by atoms with Crippen LogP contribution in [-0.4, -0.2) is 29.8 Å². The Morgan fingerprint density at radius 2 is 1.86 bits per heavy atom. The number of furan rings is 1. The van der Waals surface area contributed by atoms with Crippen LogP contribution in [-0.2, 0) is 20.9 Å². The molecule has 0 bridgehead atoms. The van der Waals surface area contributed by atoms with Crippen LogP contribution in [0.5, 0.6) is 0 Å². The molecule has 6 heteroatoms. The summed E-state index contributed by atoms with van der Waals surface area (Å²) >= 11 is 0. The third-order valence-corrected chi connectivity index (χ3v) is 3.96. The second kappa shape index (κ2) is 5.20. The summed E-state index contributed by atoms with van der Waals surface area (Å²) in [5.41, 5.74) is 0. The fraction of sp³-hybridized carbons (Fsp3) is 0.400. The number of ether oxygens (including phenoxy) is 1. The lowest BCUT2D eigenvalue weighted by Gasteiger charge is -2.14. The van der Waals surface area contributed by atoms with E-state index in [2.05, 4.69) is 4.74 Å². The van der Waals surface area contributed by atoms with E-state index in [0.29, 0.717) is 18.6 Å². The van der Waals surface area contributed by atoms with Gasteiger partial charge in [-0.3, -0.25) is 14.5 Å². The van der Waals surface area contributed by atoms with Crippen LogP contribution in [0.1, 0.15) is 29.2 Å². The molecule has 0 aromatic carbocycles. The highest BCUT2D eigenvalue weighted by atomic mass is 16.5. The monoisotopic (exact) mass is 289 g/mol. The Morgan fingerprint density at radius 3 is 2.43 bits per heavy atom. The van der Waals surface area contributed by atoms with Crippen molar-refractivity contribution in [1.29, 1.82) is 0 Å². The number of esters is 1. The number of carbonyl (C=O) groups is 3. The van der Waals surface area contributed by atoms with Crippen LogP contribution in [0.4, 0.5) is 0 Å². The lowest BCUT2D eigenvalue weighted by atomic mass is 9.85. The topological polar surface area (TPSA) is 76.8 Å². The number of hydrogen-bond donors (Lipinski definition) is 0. The lowest BCUT2D eigenvalue weighted by molar-refractivity contribution is -0.140. The van der Waals surface area contributed by atoms with Gasteiger partial charge in [0.2, 0.25) is 17.6 Å². The molecule has 0 radical (unpaired) electrons. The van der Waals surface area contributed by atoms with E-state index >= 15 is 0 Å². The molecule has 1 aliphatic heterocycles. The van der Waals surface area contributed by atoms with Crippen molar-refractivity contribution >= 4 is 17.8 Å². The standard InChI is InChI=1S/C15H15NO5/c1-20-15(19)12-7-6-9(21-12)8-16-13(17)10-4-2-3-5-11(10)14(16)18/h2-3,6-7,10-11H,4-5,8H2,1H3/t10-,11+. The van der Waals surface area contributed by atoms with Crippen molar-refractivity contribution < 1.29 is 23.5 Å². The molecule has 3 rings (SSSR count). The van der Waals surface area contributed by atoms with E-state index in [-0.39, 0.29) is 36.0 Å². The van der Waals surface area contributed by atoms with Crippen molar-refractivity contribution in [2.75, 3.05) is 7.11 Å². The molecule has 0 saturated carbocycles. The largest absolute Gasteiger partial charge is 0.463 e. The van der Waals surface area contributed by atoms with Gasteiger partial charge in [0.1, 0.15) is 5.76 Å². The Balaban J connectivity index is 1.76. The molecular weight excluding hydrogens is 274 g/mol. The predicted molar refractivity (Wildman–Crippen MR) is 71.0 cm³/mol. The highest BCUT2D eigenvalue weighted by Gasteiger charge is 2.47. The Bertz CT molecular complexity index is 604. The average molecular weight is 289 g/mol. The zero-order valence-corrected chi connectivity index (χ0v) is 11.6. The second-order valence-electron chi connectivity index (χ2n) is 5.18. The smallest absolute Gasteiger partial charge is 0.373 e. The zero-order chi connectivity index (χ0) is 15.0. The summed E-state index contributed by atoms with van der Waals surface area (Å²) in [6, 6.07) is 3.05. The van der Waals surface area contributed by atoms with E-state index in [1.165, 1.54) is 18.1 Å². The van der Waals surface area contributed by atoms with Gasteiger partial charge in [-0.15, -0.1) is 0 Å². The first-order valence-electron chi connectivity index (χ1n) is 6.79. The summed E-state index contributed by atoms with van der Waals surface area (Å²) < 4.78 is 9.86. The summed E-state index contributed by atoms with van der Waals surface area (Å²) in [6.45, 7) is 0.0572. The number of amides is 2. The first-order valence-corrected chi connectivity index (χ1v) is 6.79. The van der Waals surface area contributed by atoms with E-state index in [4.69, 9.17) is 4.42 Å². The first-order chi connectivity index (χ1) is 10.1. The van der Waals surface area contributed by atoms with Gasteiger partial charge in [0, 0.05) is 0 Å². The SMILES string of the molecule is COC(=O)c1ccc(CN2C(=O)[C@H]3CC=CC[C@H]3C2=O)o1. The summed E-state index contributed by atoms with van der Waals surface area (Å²) in [5, 5.41) is 0. The molecule has 6 nitrogen and oxygen atoms in total. The van der Waals surface area contributed by atoms with E-state index in [1.54, 1.807) is 6.07 Å². The van der Waals surface area contributed by atoms with E-state index in [0.717, 1.165) is 0 Å². The van der Waals surface area contributed by atoms with Crippen LogP contribution < -0.4 is 0 Å². The van der Waals surface area contributed by atoms with Crippen molar-refractivity contribution in [3.05, 3.63) is 35.8 Å². The molecule has 0 unspecified atom stereocenters. The highest BCUT2D eigenvalue weighted by molar-refractivity contribution is 6.05. The fourth-order valence-corrected chi connectivity index (χ4v) is 2.85. The number of imide groups is 1. The molecule has 110 valence electrons. The maximum Gasteiger partial charge on any atom is 0.373 e. The fourth-order valence-electron chi connectivity index (χ4n) is 2.85. The van der Waals surface area contributed by atoms with Gasteiger partial charge in [0.15, 0.2) is 0 Å². The van der Waals surface area contributed by atoms with Crippen LogP contribution in [0.3, 0.4) is 0 Å². The molecule has 21 heavy (non-hydrogen) atoms. The van der Waals surface area contributed by atoms with Crippen LogP contribution in [0.2, 0.25) is 0 Å². The quantitative estimate of drug-likeness (QED) is 0.479. The minimum atomic E-state index is -0.585. The van der Waals surface area contributed by atoms with Gasteiger partial charge < -0.3 is 9.15 Å². The molecule has 0 N–H and O–H groups in total. The van der Waals surface area contributed by atoms with E-state index in [9.17, 15) is 14.4 Å². The van der Waals surface area contributed by atoms with Gasteiger partial charge in [-0.1, -0.05) is 12.2 Å². The summed E-state index contributed by atoms with van der Waals surface area (Å²) in [5.74, 6) is -0.960. The molecule has 0 spiro atoms. The van der Waals surface area contributed by atoms with E-state index < -0.39 is 5.97 Å². The number of methoxy groups -OCH3 is 1. The number of allylic oxidation sites excluding steroid dienone is 2. The number of carbonyl (C=O) groups excluding carboxylic acids is 3. The van der Waals surface area contributed by atoms with Crippen LogP contribution in [0.15, 0.2) is 28.7 Å². The maximum absolute atomic E-state index is 12.3. The van der Waals surface area contributed by atoms with Crippen LogP contribution >= 0.6 is 0 Å². The number of likely N-dealkylation sites (tertiary alicyclic amines) is 1. The summed E-state index contributed by atoms with van der Waals surface area (Å²) in [6.07, 6.45) is 5.10. The van der Waals surface area contributed by atoms with Crippen molar-refractivity contribution in [3.8, 4) is 0 Å². The molecule has 2 aliphatic rings. The molecule has 1 fully saturated rings. The van der Waals surface area contributed by atoms with Gasteiger partial charge in [-0.05, 0) is 25.0 Å². The summed E-state index contributed by atoms with van der Waals surface area (Å²) in [7, 11) is 1.26. The summed E-state index contributed by atoms with van der Waals surface area (Å²) in [4.78, 5) is 37.1. The number of hydrogen-bond acceptors (Lipinski definition) is 5.